The first kappa shape index (κ1) is 14.0. The molecule has 1 aromatic heterocycles. The summed E-state index contributed by atoms with van der Waals surface area (Å²) < 4.78 is 5.54. The first-order chi connectivity index (χ1) is 9.02. The molecule has 1 aromatic rings. The summed E-state index contributed by atoms with van der Waals surface area (Å²) in [6.07, 6.45) is 0.826. The highest BCUT2D eigenvalue weighted by atomic mass is 16.5. The van der Waals surface area contributed by atoms with Crippen LogP contribution in [0, 0.1) is 13.8 Å². The topological polar surface area (TPSA) is 77.2 Å². The van der Waals surface area contributed by atoms with Crippen molar-refractivity contribution in [2.45, 2.75) is 45.4 Å². The van der Waals surface area contributed by atoms with Crippen molar-refractivity contribution in [3.05, 3.63) is 29.1 Å². The second-order valence-corrected chi connectivity index (χ2v) is 4.98. The van der Waals surface area contributed by atoms with Crippen LogP contribution in [0.3, 0.4) is 0 Å². The summed E-state index contributed by atoms with van der Waals surface area (Å²) in [5, 5.41) is 2.95. The lowest BCUT2D eigenvalue weighted by atomic mass is 9.83. The summed E-state index contributed by atoms with van der Waals surface area (Å²) in [6, 6.07) is 3.50. The highest BCUT2D eigenvalue weighted by Gasteiger charge is 2.40. The number of amides is 1. The van der Waals surface area contributed by atoms with E-state index < -0.39 is 0 Å². The molecule has 3 unspecified atom stereocenters. The smallest absolute Gasteiger partial charge is 0.253 e. The van der Waals surface area contributed by atoms with Gasteiger partial charge < -0.3 is 15.8 Å². The van der Waals surface area contributed by atoms with Gasteiger partial charge in [-0.2, -0.15) is 0 Å². The van der Waals surface area contributed by atoms with Gasteiger partial charge in [0.2, 0.25) is 0 Å². The largest absolute Gasteiger partial charge is 0.376 e. The van der Waals surface area contributed by atoms with Crippen molar-refractivity contribution in [2.75, 3.05) is 6.61 Å². The lowest BCUT2D eigenvalue weighted by molar-refractivity contribution is -0.0300. The monoisotopic (exact) mass is 263 g/mol. The third-order valence-corrected chi connectivity index (χ3v) is 3.51. The number of ether oxygens (including phenoxy) is 1. The number of rotatable bonds is 4. The molecule has 0 aliphatic heterocycles. The maximum atomic E-state index is 12.2. The number of hydrogen-bond acceptors (Lipinski definition) is 4. The number of nitrogens with two attached hydrogens (primary N) is 1. The van der Waals surface area contributed by atoms with E-state index in [0.29, 0.717) is 12.2 Å². The second-order valence-electron chi connectivity index (χ2n) is 4.98. The van der Waals surface area contributed by atoms with Crippen LogP contribution in [-0.4, -0.2) is 35.7 Å². The molecule has 1 aliphatic carbocycles. The number of hydrogen-bond donors (Lipinski definition) is 2. The van der Waals surface area contributed by atoms with Crippen molar-refractivity contribution in [1.82, 2.24) is 10.3 Å². The molecule has 0 radical (unpaired) electrons. The fourth-order valence-corrected chi connectivity index (χ4v) is 2.38. The van der Waals surface area contributed by atoms with E-state index >= 15 is 0 Å². The molecule has 0 aromatic carbocycles. The summed E-state index contributed by atoms with van der Waals surface area (Å²) in [5.41, 5.74) is 8.16. The SMILES string of the molecule is CCOC1CC(N)C1NC(=O)c1ccc(C)nc1C. The number of pyridine rings is 1. The van der Waals surface area contributed by atoms with Crippen LogP contribution < -0.4 is 11.1 Å². The summed E-state index contributed by atoms with van der Waals surface area (Å²) in [6.45, 7) is 6.32. The van der Waals surface area contributed by atoms with Crippen LogP contribution in [-0.2, 0) is 4.74 Å². The molecular formula is C14H21N3O2. The van der Waals surface area contributed by atoms with E-state index in [4.69, 9.17) is 10.5 Å². The van der Waals surface area contributed by atoms with Gasteiger partial charge in [0.05, 0.1) is 23.4 Å². The molecule has 104 valence electrons. The average molecular weight is 263 g/mol. The van der Waals surface area contributed by atoms with Crippen LogP contribution in [0.2, 0.25) is 0 Å². The van der Waals surface area contributed by atoms with Gasteiger partial charge in [-0.25, -0.2) is 0 Å². The fraction of sp³-hybridized carbons (Fsp3) is 0.571. The number of aromatic nitrogens is 1. The summed E-state index contributed by atoms with van der Waals surface area (Å²) >= 11 is 0. The van der Waals surface area contributed by atoms with Crippen molar-refractivity contribution >= 4 is 5.91 Å². The minimum Gasteiger partial charge on any atom is -0.376 e. The zero-order valence-corrected chi connectivity index (χ0v) is 11.6. The van der Waals surface area contributed by atoms with E-state index in [9.17, 15) is 4.79 Å². The predicted molar refractivity (Wildman–Crippen MR) is 73.0 cm³/mol. The Kier molecular flexibility index (Phi) is 4.17. The Hall–Kier alpha value is -1.46. The van der Waals surface area contributed by atoms with E-state index in [2.05, 4.69) is 10.3 Å². The van der Waals surface area contributed by atoms with Gasteiger partial charge in [0.15, 0.2) is 0 Å². The van der Waals surface area contributed by atoms with Gasteiger partial charge in [-0.1, -0.05) is 0 Å². The van der Waals surface area contributed by atoms with Crippen molar-refractivity contribution in [1.29, 1.82) is 0 Å². The number of carbonyl (C=O) groups excluding carboxylic acids is 1. The third kappa shape index (κ3) is 2.93. The van der Waals surface area contributed by atoms with Crippen LogP contribution in [0.25, 0.3) is 0 Å². The van der Waals surface area contributed by atoms with Gasteiger partial charge >= 0.3 is 0 Å². The van der Waals surface area contributed by atoms with Crippen LogP contribution in [0.1, 0.15) is 35.1 Å². The first-order valence-corrected chi connectivity index (χ1v) is 6.65. The molecule has 1 heterocycles. The zero-order valence-electron chi connectivity index (χ0n) is 11.6. The molecule has 1 fully saturated rings. The van der Waals surface area contributed by atoms with Gasteiger partial charge in [-0.3, -0.25) is 9.78 Å². The molecule has 3 N–H and O–H groups in total. The average Bonchev–Trinajstić information content (AvgIpc) is 2.35. The second kappa shape index (κ2) is 5.67. The lowest BCUT2D eigenvalue weighted by Crippen LogP contribution is -2.64. The molecule has 0 spiro atoms. The molecule has 3 atom stereocenters. The van der Waals surface area contributed by atoms with Crippen LogP contribution in [0.4, 0.5) is 0 Å². The Morgan fingerprint density at radius 1 is 1.53 bits per heavy atom. The van der Waals surface area contributed by atoms with Gasteiger partial charge in [-0.05, 0) is 39.3 Å². The fourth-order valence-electron chi connectivity index (χ4n) is 2.38. The normalized spacial score (nSPS) is 25.8. The molecule has 5 nitrogen and oxygen atoms in total. The van der Waals surface area contributed by atoms with Crippen LogP contribution in [0.15, 0.2) is 12.1 Å². The molecule has 0 saturated heterocycles. The number of carbonyl (C=O) groups is 1. The highest BCUT2D eigenvalue weighted by molar-refractivity contribution is 5.95. The minimum atomic E-state index is -0.130. The first-order valence-electron chi connectivity index (χ1n) is 6.65. The van der Waals surface area contributed by atoms with Crippen LogP contribution in [0.5, 0.6) is 0 Å². The number of nitrogens with one attached hydrogen (secondary N) is 1. The Morgan fingerprint density at radius 2 is 2.26 bits per heavy atom. The van der Waals surface area contributed by atoms with Crippen molar-refractivity contribution in [2.24, 2.45) is 5.73 Å². The predicted octanol–water partition coefficient (Wildman–Crippen LogP) is 0.933. The molecule has 19 heavy (non-hydrogen) atoms. The zero-order chi connectivity index (χ0) is 14.0. The Balaban J connectivity index is 2.04. The Morgan fingerprint density at radius 3 is 2.84 bits per heavy atom. The quantitative estimate of drug-likeness (QED) is 0.847. The minimum absolute atomic E-state index is 0.0285. The van der Waals surface area contributed by atoms with Crippen molar-refractivity contribution in [3.63, 3.8) is 0 Å². The number of aryl methyl sites for hydroxylation is 2. The van der Waals surface area contributed by atoms with E-state index in [1.807, 2.05) is 26.8 Å². The van der Waals surface area contributed by atoms with E-state index in [0.717, 1.165) is 17.8 Å². The summed E-state index contributed by atoms with van der Waals surface area (Å²) in [5.74, 6) is -0.130. The maximum absolute atomic E-state index is 12.2. The maximum Gasteiger partial charge on any atom is 0.253 e. The van der Waals surface area contributed by atoms with Gasteiger partial charge in [0.1, 0.15) is 0 Å². The number of nitrogens with zero attached hydrogens (tertiary/aromatic N) is 1. The van der Waals surface area contributed by atoms with Crippen LogP contribution >= 0.6 is 0 Å². The van der Waals surface area contributed by atoms with E-state index in [-0.39, 0.29) is 24.1 Å². The molecule has 0 bridgehead atoms. The molecule has 1 amide bonds. The lowest BCUT2D eigenvalue weighted by Gasteiger charge is -2.42. The molecule has 1 saturated carbocycles. The Labute approximate surface area is 113 Å². The highest BCUT2D eigenvalue weighted by Crippen LogP contribution is 2.23. The van der Waals surface area contributed by atoms with Gasteiger partial charge in [0, 0.05) is 18.3 Å². The summed E-state index contributed by atoms with van der Waals surface area (Å²) in [7, 11) is 0. The standard InChI is InChI=1S/C14H21N3O2/c1-4-19-12-7-11(15)13(12)17-14(18)10-6-5-8(2)16-9(10)3/h5-6,11-13H,4,7,15H2,1-3H3,(H,17,18). The third-order valence-electron chi connectivity index (χ3n) is 3.51. The van der Waals surface area contributed by atoms with E-state index in [1.54, 1.807) is 6.07 Å². The van der Waals surface area contributed by atoms with E-state index in [1.165, 1.54) is 0 Å². The molecular weight excluding hydrogens is 242 g/mol. The van der Waals surface area contributed by atoms with Gasteiger partial charge in [-0.15, -0.1) is 0 Å². The molecule has 1 aliphatic rings. The van der Waals surface area contributed by atoms with Crippen molar-refractivity contribution in [3.8, 4) is 0 Å². The summed E-state index contributed by atoms with van der Waals surface area (Å²) in [4.78, 5) is 16.5. The van der Waals surface area contributed by atoms with Crippen molar-refractivity contribution < 1.29 is 9.53 Å². The Bertz CT molecular complexity index is 474. The molecule has 2 rings (SSSR count). The molecule has 5 heteroatoms. The van der Waals surface area contributed by atoms with Gasteiger partial charge in [0.25, 0.3) is 5.91 Å².